The first-order chi connectivity index (χ1) is 10.2. The maximum Gasteiger partial charge on any atom is 0.338 e. The van der Waals surface area contributed by atoms with E-state index in [1.165, 1.54) is 7.11 Å². The highest BCUT2D eigenvalue weighted by atomic mass is 16.5. The third-order valence-corrected chi connectivity index (χ3v) is 2.79. The first-order valence-electron chi connectivity index (χ1n) is 5.94. The summed E-state index contributed by atoms with van der Waals surface area (Å²) in [5.41, 5.74) is 3.44. The van der Waals surface area contributed by atoms with Crippen LogP contribution < -0.4 is 5.43 Å². The van der Waals surface area contributed by atoms with Gasteiger partial charge in [-0.05, 0) is 29.0 Å². The fourth-order valence-corrected chi connectivity index (χ4v) is 1.84. The summed E-state index contributed by atoms with van der Waals surface area (Å²) in [4.78, 5) is 11.7. The number of hydrogen-bond acceptors (Lipinski definition) is 6. The fraction of sp³-hybridized carbons (Fsp3) is 0.0667. The number of anilines is 1. The summed E-state index contributed by atoms with van der Waals surface area (Å²) in [7, 11) is 1.33. The number of esters is 1. The molecule has 0 radical (unpaired) electrons. The molecule has 6 heteroatoms. The Balaban J connectivity index is 2.41. The monoisotopic (exact) mass is 278 g/mol. The van der Waals surface area contributed by atoms with Crippen molar-refractivity contribution in [2.24, 2.45) is 5.10 Å². The Hall–Kier alpha value is -3.38. The summed E-state index contributed by atoms with van der Waals surface area (Å²) >= 11 is 0. The van der Waals surface area contributed by atoms with Gasteiger partial charge in [0.25, 0.3) is 0 Å². The molecule has 0 aliphatic rings. The van der Waals surface area contributed by atoms with Crippen LogP contribution in [0.3, 0.4) is 0 Å². The van der Waals surface area contributed by atoms with Gasteiger partial charge < -0.3 is 4.74 Å². The lowest BCUT2D eigenvalue weighted by Gasteiger charge is -2.06. The van der Waals surface area contributed by atoms with Crippen molar-refractivity contribution < 1.29 is 9.53 Å². The summed E-state index contributed by atoms with van der Waals surface area (Å²) < 4.78 is 4.73. The van der Waals surface area contributed by atoms with Crippen LogP contribution in [-0.4, -0.2) is 18.8 Å². The lowest BCUT2D eigenvalue weighted by Crippen LogP contribution is -2.02. The summed E-state index contributed by atoms with van der Waals surface area (Å²) in [6.45, 7) is 0. The third-order valence-electron chi connectivity index (χ3n) is 2.79. The van der Waals surface area contributed by atoms with E-state index >= 15 is 0 Å². The SMILES string of the molecule is COC(=O)c1cccc2cc(NN=C(C#N)C#N)ccc12. The van der Waals surface area contributed by atoms with Crippen LogP contribution >= 0.6 is 0 Å². The molecule has 2 aromatic rings. The number of ether oxygens (including phenoxy) is 1. The van der Waals surface area contributed by atoms with E-state index in [9.17, 15) is 4.79 Å². The highest BCUT2D eigenvalue weighted by Crippen LogP contribution is 2.23. The van der Waals surface area contributed by atoms with Gasteiger partial charge in [0.05, 0.1) is 18.4 Å². The number of nitrogens with zero attached hydrogens (tertiary/aromatic N) is 3. The van der Waals surface area contributed by atoms with Crippen LogP contribution in [-0.2, 0) is 4.74 Å². The number of carbonyl (C=O) groups excluding carboxylic acids is 1. The molecule has 0 saturated heterocycles. The Morgan fingerprint density at radius 2 is 2.00 bits per heavy atom. The maximum absolute atomic E-state index is 11.7. The quantitative estimate of drug-likeness (QED) is 0.528. The number of nitrogens with one attached hydrogen (secondary N) is 1. The molecule has 0 heterocycles. The number of nitriles is 2. The van der Waals surface area contributed by atoms with Gasteiger partial charge in [0.1, 0.15) is 12.1 Å². The number of hydrazone groups is 1. The number of benzene rings is 2. The van der Waals surface area contributed by atoms with Crippen molar-refractivity contribution in [3.63, 3.8) is 0 Å². The molecule has 0 aromatic heterocycles. The predicted octanol–water partition coefficient (Wildman–Crippen LogP) is 2.44. The molecule has 0 saturated carbocycles. The molecular weight excluding hydrogens is 268 g/mol. The van der Waals surface area contributed by atoms with E-state index in [1.54, 1.807) is 42.5 Å². The third kappa shape index (κ3) is 2.96. The Kier molecular flexibility index (Phi) is 4.13. The zero-order valence-electron chi connectivity index (χ0n) is 11.1. The Morgan fingerprint density at radius 3 is 2.67 bits per heavy atom. The number of carbonyl (C=O) groups is 1. The fourth-order valence-electron chi connectivity index (χ4n) is 1.84. The lowest BCUT2D eigenvalue weighted by atomic mass is 10.0. The second-order valence-electron chi connectivity index (χ2n) is 4.03. The molecule has 0 amide bonds. The summed E-state index contributed by atoms with van der Waals surface area (Å²) in [6, 6.07) is 13.8. The zero-order chi connectivity index (χ0) is 15.2. The molecule has 0 bridgehead atoms. The van der Waals surface area contributed by atoms with E-state index in [1.807, 2.05) is 6.07 Å². The lowest BCUT2D eigenvalue weighted by molar-refractivity contribution is 0.0603. The molecule has 6 nitrogen and oxygen atoms in total. The molecule has 0 atom stereocenters. The molecule has 0 fully saturated rings. The van der Waals surface area contributed by atoms with Crippen LogP contribution in [0.4, 0.5) is 5.69 Å². The van der Waals surface area contributed by atoms with Crippen LogP contribution in [0.5, 0.6) is 0 Å². The standard InChI is InChI=1S/C15H10N4O2/c1-21-15(20)14-4-2-3-10-7-11(5-6-13(10)14)18-19-12(8-16)9-17/h2-7,18H,1H3. The second-order valence-corrected chi connectivity index (χ2v) is 4.03. The van der Waals surface area contributed by atoms with Crippen molar-refractivity contribution in [1.82, 2.24) is 0 Å². The van der Waals surface area contributed by atoms with Crippen molar-refractivity contribution in [1.29, 1.82) is 10.5 Å². The molecule has 2 rings (SSSR count). The van der Waals surface area contributed by atoms with Crippen LogP contribution in [0.25, 0.3) is 10.8 Å². The highest BCUT2D eigenvalue weighted by Gasteiger charge is 2.09. The Labute approximate surface area is 120 Å². The summed E-state index contributed by atoms with van der Waals surface area (Å²) in [5.74, 6) is -0.407. The molecule has 102 valence electrons. The van der Waals surface area contributed by atoms with Crippen LogP contribution in [0, 0.1) is 22.7 Å². The van der Waals surface area contributed by atoms with Crippen molar-refractivity contribution in [3.05, 3.63) is 42.0 Å². The van der Waals surface area contributed by atoms with Gasteiger partial charge in [0.2, 0.25) is 5.71 Å². The zero-order valence-corrected chi connectivity index (χ0v) is 11.1. The van der Waals surface area contributed by atoms with Gasteiger partial charge in [-0.25, -0.2) is 4.79 Å². The molecule has 1 N–H and O–H groups in total. The Morgan fingerprint density at radius 1 is 1.24 bits per heavy atom. The van der Waals surface area contributed by atoms with Crippen molar-refractivity contribution in [3.8, 4) is 12.1 Å². The molecular formula is C15H10N4O2. The summed E-state index contributed by atoms with van der Waals surface area (Å²) in [6.07, 6.45) is 0. The van der Waals surface area contributed by atoms with Gasteiger partial charge in [0, 0.05) is 0 Å². The van der Waals surface area contributed by atoms with Crippen molar-refractivity contribution in [2.45, 2.75) is 0 Å². The van der Waals surface area contributed by atoms with Crippen LogP contribution in [0.1, 0.15) is 10.4 Å². The van der Waals surface area contributed by atoms with Gasteiger partial charge in [-0.15, -0.1) is 0 Å². The average Bonchev–Trinajstić information content (AvgIpc) is 2.54. The minimum absolute atomic E-state index is 0.265. The average molecular weight is 278 g/mol. The van der Waals surface area contributed by atoms with Crippen molar-refractivity contribution >= 4 is 28.1 Å². The van der Waals surface area contributed by atoms with Crippen LogP contribution in [0.15, 0.2) is 41.5 Å². The highest BCUT2D eigenvalue weighted by molar-refractivity contribution is 6.10. The van der Waals surface area contributed by atoms with Crippen molar-refractivity contribution in [2.75, 3.05) is 12.5 Å². The van der Waals surface area contributed by atoms with E-state index in [0.29, 0.717) is 11.3 Å². The minimum Gasteiger partial charge on any atom is -0.465 e. The van der Waals surface area contributed by atoms with Gasteiger partial charge in [-0.3, -0.25) is 5.43 Å². The number of fused-ring (bicyclic) bond motifs is 1. The predicted molar refractivity (Wildman–Crippen MR) is 77.6 cm³/mol. The Bertz CT molecular complexity index is 797. The van der Waals surface area contributed by atoms with E-state index in [-0.39, 0.29) is 5.71 Å². The number of rotatable bonds is 3. The minimum atomic E-state index is -0.407. The molecule has 0 spiro atoms. The first-order valence-corrected chi connectivity index (χ1v) is 5.94. The molecule has 21 heavy (non-hydrogen) atoms. The van der Waals surface area contributed by atoms with E-state index < -0.39 is 5.97 Å². The number of hydrogen-bond donors (Lipinski definition) is 1. The van der Waals surface area contributed by atoms with Gasteiger partial charge in [0.15, 0.2) is 0 Å². The van der Waals surface area contributed by atoms with Gasteiger partial charge >= 0.3 is 5.97 Å². The molecule has 0 aliphatic carbocycles. The smallest absolute Gasteiger partial charge is 0.338 e. The maximum atomic E-state index is 11.7. The van der Waals surface area contributed by atoms with Gasteiger partial charge in [-0.1, -0.05) is 18.2 Å². The summed E-state index contributed by atoms with van der Waals surface area (Å²) in [5, 5.41) is 22.4. The van der Waals surface area contributed by atoms with E-state index in [2.05, 4.69) is 10.5 Å². The van der Waals surface area contributed by atoms with E-state index in [4.69, 9.17) is 15.3 Å². The van der Waals surface area contributed by atoms with Crippen LogP contribution in [0.2, 0.25) is 0 Å². The molecule has 0 unspecified atom stereocenters. The molecule has 2 aromatic carbocycles. The molecule has 0 aliphatic heterocycles. The number of methoxy groups -OCH3 is 1. The topological polar surface area (TPSA) is 98.3 Å². The first kappa shape index (κ1) is 14.0. The normalized spacial score (nSPS) is 9.29. The second kappa shape index (κ2) is 6.18. The van der Waals surface area contributed by atoms with E-state index in [0.717, 1.165) is 10.8 Å². The van der Waals surface area contributed by atoms with Gasteiger partial charge in [-0.2, -0.15) is 15.6 Å². The largest absolute Gasteiger partial charge is 0.465 e.